The highest BCUT2D eigenvalue weighted by Crippen LogP contribution is 2.35. The van der Waals surface area contributed by atoms with Crippen LogP contribution in [0.4, 0.5) is 5.82 Å². The number of aliphatic hydroxyl groups is 1. The Morgan fingerprint density at radius 1 is 1.40 bits per heavy atom. The van der Waals surface area contributed by atoms with Crippen molar-refractivity contribution >= 4 is 17.4 Å². The number of aromatic nitrogens is 1. The predicted octanol–water partition coefficient (Wildman–Crippen LogP) is 2.60. The van der Waals surface area contributed by atoms with Gasteiger partial charge < -0.3 is 15.6 Å². The normalized spacial score (nSPS) is 19.0. The van der Waals surface area contributed by atoms with Crippen LogP contribution in [-0.4, -0.2) is 16.7 Å². The summed E-state index contributed by atoms with van der Waals surface area (Å²) < 4.78 is 5.69. The largest absolute Gasteiger partial charge is 0.493 e. The smallest absolute Gasteiger partial charge is 0.129 e. The molecule has 1 aliphatic heterocycles. The number of nitrogens with zero attached hydrogens (tertiary/aromatic N) is 1. The Kier molecular flexibility index (Phi) is 3.51. The molecule has 0 saturated carbocycles. The number of para-hydroxylation sites is 1. The van der Waals surface area contributed by atoms with Crippen LogP contribution in [-0.2, 0) is 6.42 Å². The minimum atomic E-state index is -0.741. The number of fused-ring (bicyclic) bond motifs is 1. The molecule has 0 fully saturated rings. The first-order valence-electron chi connectivity index (χ1n) is 6.45. The van der Waals surface area contributed by atoms with Gasteiger partial charge in [-0.05, 0) is 24.1 Å². The number of hydrogen-bond donors (Lipinski definition) is 2. The van der Waals surface area contributed by atoms with E-state index in [1.165, 1.54) is 6.20 Å². The van der Waals surface area contributed by atoms with Gasteiger partial charge in [0.25, 0.3) is 0 Å². The molecule has 1 aromatic carbocycles. The standard InChI is InChI=1S/C15H15ClN2O2/c16-11-6-12(15(17)18-7-11)14(19)10-5-9-3-1-2-4-13(9)20-8-10/h1-4,6-7,10,14,19H,5,8H2,(H2,17,18). The van der Waals surface area contributed by atoms with E-state index in [9.17, 15) is 5.11 Å². The fourth-order valence-electron chi connectivity index (χ4n) is 2.51. The lowest BCUT2D eigenvalue weighted by molar-refractivity contribution is 0.0648. The zero-order chi connectivity index (χ0) is 14.1. The molecule has 1 aromatic heterocycles. The highest BCUT2D eigenvalue weighted by Gasteiger charge is 2.28. The van der Waals surface area contributed by atoms with Gasteiger partial charge in [0.15, 0.2) is 0 Å². The summed E-state index contributed by atoms with van der Waals surface area (Å²) in [6.45, 7) is 0.449. The number of halogens is 1. The number of rotatable bonds is 2. The lowest BCUT2D eigenvalue weighted by atomic mass is 9.88. The van der Waals surface area contributed by atoms with Crippen LogP contribution in [0.1, 0.15) is 17.2 Å². The van der Waals surface area contributed by atoms with E-state index in [0.717, 1.165) is 17.7 Å². The number of aliphatic hydroxyl groups excluding tert-OH is 1. The maximum absolute atomic E-state index is 10.5. The molecule has 104 valence electrons. The Balaban J connectivity index is 1.85. The van der Waals surface area contributed by atoms with Gasteiger partial charge in [-0.1, -0.05) is 29.8 Å². The van der Waals surface area contributed by atoms with Crippen molar-refractivity contribution in [1.82, 2.24) is 4.98 Å². The van der Waals surface area contributed by atoms with Crippen LogP contribution in [0.2, 0.25) is 5.02 Å². The van der Waals surface area contributed by atoms with Gasteiger partial charge in [-0.3, -0.25) is 0 Å². The Morgan fingerprint density at radius 3 is 3.05 bits per heavy atom. The van der Waals surface area contributed by atoms with Crippen molar-refractivity contribution in [2.45, 2.75) is 12.5 Å². The number of nitrogen functional groups attached to an aromatic ring is 1. The minimum absolute atomic E-state index is 0.0625. The molecule has 4 nitrogen and oxygen atoms in total. The summed E-state index contributed by atoms with van der Waals surface area (Å²) in [4.78, 5) is 3.98. The third-order valence-electron chi connectivity index (χ3n) is 3.59. The van der Waals surface area contributed by atoms with Crippen molar-refractivity contribution < 1.29 is 9.84 Å². The van der Waals surface area contributed by atoms with Crippen molar-refractivity contribution in [3.63, 3.8) is 0 Å². The number of pyridine rings is 1. The summed E-state index contributed by atoms with van der Waals surface area (Å²) in [5, 5.41) is 11.0. The van der Waals surface area contributed by atoms with Gasteiger partial charge in [-0.2, -0.15) is 0 Å². The zero-order valence-corrected chi connectivity index (χ0v) is 11.5. The summed E-state index contributed by atoms with van der Waals surface area (Å²) in [6, 6.07) is 9.51. The van der Waals surface area contributed by atoms with Gasteiger partial charge in [0, 0.05) is 17.7 Å². The molecule has 1 aliphatic rings. The highest BCUT2D eigenvalue weighted by atomic mass is 35.5. The van der Waals surface area contributed by atoms with Crippen molar-refractivity contribution in [2.75, 3.05) is 12.3 Å². The monoisotopic (exact) mass is 290 g/mol. The predicted molar refractivity (Wildman–Crippen MR) is 77.8 cm³/mol. The van der Waals surface area contributed by atoms with E-state index in [-0.39, 0.29) is 5.92 Å². The van der Waals surface area contributed by atoms with E-state index < -0.39 is 6.10 Å². The van der Waals surface area contributed by atoms with Crippen LogP contribution < -0.4 is 10.5 Å². The molecule has 2 heterocycles. The summed E-state index contributed by atoms with van der Waals surface area (Å²) in [7, 11) is 0. The Hall–Kier alpha value is -1.78. The van der Waals surface area contributed by atoms with Crippen LogP contribution in [0.3, 0.4) is 0 Å². The second-order valence-corrected chi connectivity index (χ2v) is 5.39. The molecule has 0 radical (unpaired) electrons. The summed E-state index contributed by atoms with van der Waals surface area (Å²) >= 11 is 5.92. The molecule has 2 atom stereocenters. The van der Waals surface area contributed by atoms with Gasteiger partial charge in [-0.25, -0.2) is 4.98 Å². The number of nitrogens with two attached hydrogens (primary N) is 1. The fourth-order valence-corrected chi connectivity index (χ4v) is 2.68. The van der Waals surface area contributed by atoms with Crippen molar-refractivity contribution in [3.05, 3.63) is 52.7 Å². The topological polar surface area (TPSA) is 68.4 Å². The van der Waals surface area contributed by atoms with E-state index in [1.807, 2.05) is 24.3 Å². The quantitative estimate of drug-likeness (QED) is 0.892. The maximum Gasteiger partial charge on any atom is 0.129 e. The van der Waals surface area contributed by atoms with Gasteiger partial charge in [-0.15, -0.1) is 0 Å². The molecule has 5 heteroatoms. The van der Waals surface area contributed by atoms with Crippen LogP contribution in [0.25, 0.3) is 0 Å². The van der Waals surface area contributed by atoms with Crippen LogP contribution >= 0.6 is 11.6 Å². The molecule has 20 heavy (non-hydrogen) atoms. The Bertz CT molecular complexity index is 633. The molecule has 0 amide bonds. The molecule has 3 N–H and O–H groups in total. The molecule has 0 spiro atoms. The zero-order valence-electron chi connectivity index (χ0n) is 10.8. The fraction of sp³-hybridized carbons (Fsp3) is 0.267. The molecular formula is C15H15ClN2O2. The second-order valence-electron chi connectivity index (χ2n) is 4.96. The Labute approximate surface area is 122 Å². The van der Waals surface area contributed by atoms with E-state index in [1.54, 1.807) is 6.07 Å². The molecule has 3 rings (SSSR count). The molecule has 0 bridgehead atoms. The van der Waals surface area contributed by atoms with Crippen LogP contribution in [0, 0.1) is 5.92 Å². The van der Waals surface area contributed by atoms with Gasteiger partial charge in [0.2, 0.25) is 0 Å². The summed E-state index contributed by atoms with van der Waals surface area (Å²) in [5.74, 6) is 1.13. The average molecular weight is 291 g/mol. The third kappa shape index (κ3) is 2.44. The average Bonchev–Trinajstić information content (AvgIpc) is 2.48. The number of ether oxygens (including phenoxy) is 1. The number of anilines is 1. The number of hydrogen-bond acceptors (Lipinski definition) is 4. The molecule has 0 saturated heterocycles. The molecule has 2 unspecified atom stereocenters. The van der Waals surface area contributed by atoms with Gasteiger partial charge >= 0.3 is 0 Å². The van der Waals surface area contributed by atoms with E-state index in [0.29, 0.717) is 23.0 Å². The highest BCUT2D eigenvalue weighted by molar-refractivity contribution is 6.30. The lowest BCUT2D eigenvalue weighted by Gasteiger charge is -2.29. The summed E-state index contributed by atoms with van der Waals surface area (Å²) in [6.07, 6.45) is 1.47. The first-order valence-corrected chi connectivity index (χ1v) is 6.82. The van der Waals surface area contributed by atoms with Gasteiger partial charge in [0.05, 0.1) is 17.7 Å². The van der Waals surface area contributed by atoms with Gasteiger partial charge in [0.1, 0.15) is 11.6 Å². The second kappa shape index (κ2) is 5.31. The van der Waals surface area contributed by atoms with Crippen LogP contribution in [0.15, 0.2) is 36.5 Å². The van der Waals surface area contributed by atoms with E-state index >= 15 is 0 Å². The first-order chi connectivity index (χ1) is 9.65. The lowest BCUT2D eigenvalue weighted by Crippen LogP contribution is -2.27. The summed E-state index contributed by atoms with van der Waals surface area (Å²) in [5.41, 5.74) is 7.48. The SMILES string of the molecule is Nc1ncc(Cl)cc1C(O)C1COc2ccccc2C1. The van der Waals surface area contributed by atoms with E-state index in [4.69, 9.17) is 22.1 Å². The third-order valence-corrected chi connectivity index (χ3v) is 3.80. The molecule has 0 aliphatic carbocycles. The molecular weight excluding hydrogens is 276 g/mol. The number of benzene rings is 1. The maximum atomic E-state index is 10.5. The molecule has 2 aromatic rings. The first kappa shape index (κ1) is 13.2. The minimum Gasteiger partial charge on any atom is -0.493 e. The van der Waals surface area contributed by atoms with Crippen molar-refractivity contribution in [1.29, 1.82) is 0 Å². The van der Waals surface area contributed by atoms with E-state index in [2.05, 4.69) is 4.98 Å². The van der Waals surface area contributed by atoms with Crippen LogP contribution in [0.5, 0.6) is 5.75 Å². The van der Waals surface area contributed by atoms with Crippen molar-refractivity contribution in [2.24, 2.45) is 5.92 Å². The van der Waals surface area contributed by atoms with Crippen molar-refractivity contribution in [3.8, 4) is 5.75 Å². The Morgan fingerprint density at radius 2 is 2.20 bits per heavy atom.